The van der Waals surface area contributed by atoms with E-state index >= 15 is 0 Å². The lowest BCUT2D eigenvalue weighted by Crippen LogP contribution is -2.52. The molecule has 2 heterocycles. The number of hydrogen-bond acceptors (Lipinski definition) is 6. The Morgan fingerprint density at radius 3 is 2.67 bits per heavy atom. The number of fused-ring (bicyclic) bond motifs is 1. The molecular formula is C13H13N3O5. The molecule has 8 nitrogen and oxygen atoms in total. The normalized spacial score (nSPS) is 21.4. The molecule has 0 bridgehead atoms. The third-order valence-corrected chi connectivity index (χ3v) is 3.81. The molecule has 2 aliphatic rings. The maximum Gasteiger partial charge on any atom is 0.259 e. The van der Waals surface area contributed by atoms with Crippen LogP contribution in [0.5, 0.6) is 11.5 Å². The van der Waals surface area contributed by atoms with Gasteiger partial charge in [-0.05, 0) is 6.42 Å². The number of amides is 3. The molecule has 1 aromatic carbocycles. The highest BCUT2D eigenvalue weighted by Crippen LogP contribution is 2.41. The van der Waals surface area contributed by atoms with Crippen LogP contribution >= 0.6 is 0 Å². The molecule has 3 rings (SSSR count). The van der Waals surface area contributed by atoms with Crippen molar-refractivity contribution in [3.8, 4) is 11.5 Å². The van der Waals surface area contributed by atoms with Crippen LogP contribution in [0.15, 0.2) is 6.07 Å². The fourth-order valence-corrected chi connectivity index (χ4v) is 2.74. The van der Waals surface area contributed by atoms with Crippen molar-refractivity contribution in [3.63, 3.8) is 0 Å². The van der Waals surface area contributed by atoms with Crippen LogP contribution in [0.4, 0.5) is 5.69 Å². The number of aromatic hydroxyl groups is 2. The van der Waals surface area contributed by atoms with Gasteiger partial charge in [0.1, 0.15) is 6.04 Å². The third kappa shape index (κ3) is 1.87. The van der Waals surface area contributed by atoms with Crippen LogP contribution in [0, 0.1) is 0 Å². The number of benzene rings is 1. The number of rotatable bonds is 1. The van der Waals surface area contributed by atoms with Gasteiger partial charge in [0.15, 0.2) is 11.5 Å². The Hall–Kier alpha value is -2.77. The first kappa shape index (κ1) is 13.2. The topological polar surface area (TPSA) is 133 Å². The van der Waals surface area contributed by atoms with E-state index in [0.29, 0.717) is 5.56 Å². The molecule has 110 valence electrons. The minimum absolute atomic E-state index is 0.0557. The predicted molar refractivity (Wildman–Crippen MR) is 70.2 cm³/mol. The Bertz CT molecular complexity index is 685. The van der Waals surface area contributed by atoms with E-state index in [-0.39, 0.29) is 36.5 Å². The molecule has 0 saturated carbocycles. The molecule has 1 atom stereocenters. The molecule has 2 aliphatic heterocycles. The first-order valence-corrected chi connectivity index (χ1v) is 6.38. The molecule has 21 heavy (non-hydrogen) atoms. The summed E-state index contributed by atoms with van der Waals surface area (Å²) in [6.07, 6.45) is 0.361. The van der Waals surface area contributed by atoms with E-state index in [9.17, 15) is 24.6 Å². The maximum absolute atomic E-state index is 12.4. The first-order valence-electron chi connectivity index (χ1n) is 6.38. The van der Waals surface area contributed by atoms with Crippen LogP contribution in [0.1, 0.15) is 28.8 Å². The van der Waals surface area contributed by atoms with Gasteiger partial charge in [0.25, 0.3) is 5.91 Å². The standard InChI is InChI=1S/C13H13N3O5/c14-6-3-8(17)11(19)10-5(6)4-16(13(10)21)7-1-2-9(18)15-12(7)20/h3,7,17,19H,1-2,4,14H2,(H,15,18,20). The van der Waals surface area contributed by atoms with Crippen molar-refractivity contribution < 1.29 is 24.6 Å². The summed E-state index contributed by atoms with van der Waals surface area (Å²) < 4.78 is 0. The average Bonchev–Trinajstić information content (AvgIpc) is 2.75. The van der Waals surface area contributed by atoms with Gasteiger partial charge in [0.05, 0.1) is 5.56 Å². The van der Waals surface area contributed by atoms with Gasteiger partial charge in [-0.15, -0.1) is 0 Å². The van der Waals surface area contributed by atoms with Crippen molar-refractivity contribution in [1.82, 2.24) is 10.2 Å². The lowest BCUT2D eigenvalue weighted by atomic mass is 10.0. The van der Waals surface area contributed by atoms with Crippen LogP contribution < -0.4 is 11.1 Å². The largest absolute Gasteiger partial charge is 0.504 e. The molecule has 1 saturated heterocycles. The second-order valence-corrected chi connectivity index (χ2v) is 5.09. The number of carbonyl (C=O) groups is 3. The van der Waals surface area contributed by atoms with Crippen molar-refractivity contribution >= 4 is 23.4 Å². The van der Waals surface area contributed by atoms with Gasteiger partial charge in [-0.25, -0.2) is 0 Å². The Labute approximate surface area is 119 Å². The number of carbonyl (C=O) groups excluding carboxylic acids is 3. The average molecular weight is 291 g/mol. The summed E-state index contributed by atoms with van der Waals surface area (Å²) in [5.41, 5.74) is 6.21. The highest BCUT2D eigenvalue weighted by atomic mass is 16.3. The molecule has 1 aromatic rings. The second kappa shape index (κ2) is 4.37. The van der Waals surface area contributed by atoms with Crippen molar-refractivity contribution in [2.75, 3.05) is 5.73 Å². The number of imide groups is 1. The van der Waals surface area contributed by atoms with Crippen LogP contribution in [0.2, 0.25) is 0 Å². The summed E-state index contributed by atoms with van der Waals surface area (Å²) in [4.78, 5) is 36.6. The molecule has 5 N–H and O–H groups in total. The quantitative estimate of drug-likeness (QED) is 0.237. The number of anilines is 1. The third-order valence-electron chi connectivity index (χ3n) is 3.81. The van der Waals surface area contributed by atoms with E-state index in [4.69, 9.17) is 5.73 Å². The predicted octanol–water partition coefficient (Wildman–Crippen LogP) is -0.559. The minimum Gasteiger partial charge on any atom is -0.504 e. The summed E-state index contributed by atoms with van der Waals surface area (Å²) in [7, 11) is 0. The van der Waals surface area contributed by atoms with Gasteiger partial charge in [0.2, 0.25) is 11.8 Å². The first-order chi connectivity index (χ1) is 9.90. The van der Waals surface area contributed by atoms with Gasteiger partial charge < -0.3 is 20.8 Å². The lowest BCUT2D eigenvalue weighted by Gasteiger charge is -2.29. The molecule has 8 heteroatoms. The zero-order chi connectivity index (χ0) is 15.3. The van der Waals surface area contributed by atoms with Crippen LogP contribution in [0.25, 0.3) is 0 Å². The monoisotopic (exact) mass is 291 g/mol. The van der Waals surface area contributed by atoms with E-state index in [1.165, 1.54) is 4.90 Å². The number of phenolic OH excluding ortho intramolecular Hbond substituents is 2. The zero-order valence-electron chi connectivity index (χ0n) is 10.9. The molecule has 0 aliphatic carbocycles. The van der Waals surface area contributed by atoms with Crippen LogP contribution in [0.3, 0.4) is 0 Å². The van der Waals surface area contributed by atoms with E-state index in [0.717, 1.165) is 6.07 Å². The second-order valence-electron chi connectivity index (χ2n) is 5.09. The highest BCUT2D eigenvalue weighted by molar-refractivity contribution is 6.07. The van der Waals surface area contributed by atoms with Crippen molar-refractivity contribution in [3.05, 3.63) is 17.2 Å². The number of nitrogens with zero attached hydrogens (tertiary/aromatic N) is 1. The Morgan fingerprint density at radius 2 is 2.00 bits per heavy atom. The molecule has 0 aromatic heterocycles. The Kier molecular flexibility index (Phi) is 2.75. The van der Waals surface area contributed by atoms with Gasteiger partial charge in [-0.3, -0.25) is 19.7 Å². The summed E-state index contributed by atoms with van der Waals surface area (Å²) in [5, 5.41) is 21.5. The summed E-state index contributed by atoms with van der Waals surface area (Å²) >= 11 is 0. The van der Waals surface area contributed by atoms with Crippen LogP contribution in [-0.4, -0.2) is 38.9 Å². The molecular weight excluding hydrogens is 278 g/mol. The molecule has 1 fully saturated rings. The van der Waals surface area contributed by atoms with Gasteiger partial charge in [0, 0.05) is 30.3 Å². The van der Waals surface area contributed by atoms with Gasteiger partial charge in [-0.2, -0.15) is 0 Å². The van der Waals surface area contributed by atoms with E-state index in [1.807, 2.05) is 0 Å². The smallest absolute Gasteiger partial charge is 0.259 e. The highest BCUT2D eigenvalue weighted by Gasteiger charge is 2.41. The van der Waals surface area contributed by atoms with E-state index in [1.54, 1.807) is 0 Å². The Morgan fingerprint density at radius 1 is 1.29 bits per heavy atom. The van der Waals surface area contributed by atoms with Crippen LogP contribution in [-0.2, 0) is 16.1 Å². The summed E-state index contributed by atoms with van der Waals surface area (Å²) in [6, 6.07) is 0.374. The number of phenols is 2. The molecule has 0 radical (unpaired) electrons. The molecule has 1 unspecified atom stereocenters. The number of nitrogens with two attached hydrogens (primary N) is 1. The van der Waals surface area contributed by atoms with Gasteiger partial charge in [-0.1, -0.05) is 0 Å². The molecule has 3 amide bonds. The Balaban J connectivity index is 1.98. The van der Waals surface area contributed by atoms with Crippen molar-refractivity contribution in [2.45, 2.75) is 25.4 Å². The number of nitrogen functional groups attached to an aromatic ring is 1. The van der Waals surface area contributed by atoms with E-state index < -0.39 is 29.4 Å². The SMILES string of the molecule is Nc1cc(O)c(O)c2c1CN(C1CCC(=O)NC1=O)C2=O. The lowest BCUT2D eigenvalue weighted by molar-refractivity contribution is -0.136. The maximum atomic E-state index is 12.4. The minimum atomic E-state index is -0.788. The van der Waals surface area contributed by atoms with E-state index in [2.05, 4.69) is 5.32 Å². The fraction of sp³-hybridized carbons (Fsp3) is 0.308. The summed E-state index contributed by atoms with van der Waals surface area (Å²) in [6.45, 7) is 0.0557. The van der Waals surface area contributed by atoms with Gasteiger partial charge >= 0.3 is 0 Å². The number of nitrogens with one attached hydrogen (secondary N) is 1. The van der Waals surface area contributed by atoms with Crippen molar-refractivity contribution in [2.24, 2.45) is 0 Å². The zero-order valence-corrected chi connectivity index (χ0v) is 10.9. The number of piperidine rings is 1. The number of hydrogen-bond donors (Lipinski definition) is 4. The summed E-state index contributed by atoms with van der Waals surface area (Å²) in [5.74, 6) is -2.53. The molecule has 0 spiro atoms. The fourth-order valence-electron chi connectivity index (χ4n) is 2.74. The van der Waals surface area contributed by atoms with Crippen molar-refractivity contribution in [1.29, 1.82) is 0 Å².